The molecule has 0 fully saturated rings. The van der Waals surface area contributed by atoms with Gasteiger partial charge < -0.3 is 0 Å². The van der Waals surface area contributed by atoms with Gasteiger partial charge in [0.15, 0.2) is 17.5 Å². The van der Waals surface area contributed by atoms with Gasteiger partial charge in [-0.1, -0.05) is 152 Å². The van der Waals surface area contributed by atoms with Crippen LogP contribution in [0.3, 0.4) is 0 Å². The van der Waals surface area contributed by atoms with Gasteiger partial charge in [0.25, 0.3) is 0 Å². The van der Waals surface area contributed by atoms with Crippen molar-refractivity contribution >= 4 is 32.3 Å². The summed E-state index contributed by atoms with van der Waals surface area (Å²) in [6, 6.07) is 38.4. The third-order valence-electron chi connectivity index (χ3n) is 7.62. The van der Waals surface area contributed by atoms with Gasteiger partial charge in [0.1, 0.15) is 0 Å². The molecule has 0 aliphatic carbocycles. The Hall–Kier alpha value is -5.67. The molecule has 0 N–H and O–H groups in total. The minimum atomic E-state index is -0.470. The maximum Gasteiger partial charge on any atom is 0.164 e. The van der Waals surface area contributed by atoms with Gasteiger partial charge in [0.2, 0.25) is 0 Å². The van der Waals surface area contributed by atoms with Crippen LogP contribution >= 0.6 is 0 Å². The Balaban J connectivity index is 1.43. The Bertz CT molecular complexity index is 2440. The molecule has 8 aromatic rings. The Morgan fingerprint density at radius 1 is 0.357 bits per heavy atom. The van der Waals surface area contributed by atoms with E-state index in [1.807, 2.05) is 91.0 Å². The molecule has 0 spiro atoms. The van der Waals surface area contributed by atoms with Crippen LogP contribution in [0.15, 0.2) is 152 Å². The number of nitrogens with zero attached hydrogens (tertiary/aromatic N) is 3. The number of fused-ring (bicyclic) bond motifs is 6. The quantitative estimate of drug-likeness (QED) is 0.209. The lowest BCUT2D eigenvalue weighted by atomic mass is 9.91. The van der Waals surface area contributed by atoms with Crippen molar-refractivity contribution in [3.05, 3.63) is 152 Å². The first-order chi connectivity index (χ1) is 22.9. The van der Waals surface area contributed by atoms with E-state index in [0.717, 1.165) is 49.0 Å². The second kappa shape index (κ2) is 10.1. The Morgan fingerprint density at radius 3 is 1.50 bits per heavy atom. The zero-order chi connectivity index (χ0) is 32.2. The van der Waals surface area contributed by atoms with Crippen LogP contribution in [-0.4, -0.2) is 15.0 Å². The Labute approximate surface area is 250 Å². The summed E-state index contributed by atoms with van der Waals surface area (Å²) in [4.78, 5) is 14.6. The molecule has 0 saturated heterocycles. The van der Waals surface area contributed by atoms with Gasteiger partial charge in [-0.2, -0.15) is 0 Å². The van der Waals surface area contributed by atoms with E-state index in [-0.39, 0.29) is 23.5 Å². The fourth-order valence-corrected chi connectivity index (χ4v) is 5.68. The second-order valence-corrected chi connectivity index (χ2v) is 10.1. The molecule has 0 bridgehead atoms. The van der Waals surface area contributed by atoms with E-state index >= 15 is 0 Å². The standard InChI is InChI=1S/C39H25N3/c1-3-12-26(13-4-1)27-22-24-29(25-23-27)38-40-37(28-14-5-2-6-15-28)41-39(42-38)35-21-11-20-34-32-17-8-7-16-30(32)31-18-9-10-19-33(31)36(34)35/h1-25H/i2D,5D,6D,14D,15D. The maximum absolute atomic E-state index is 8.70. The predicted octanol–water partition coefficient (Wildman–Crippen LogP) is 10.00. The first-order valence-electron chi connectivity index (χ1n) is 16.2. The average molecular weight is 541 g/mol. The summed E-state index contributed by atoms with van der Waals surface area (Å²) < 4.78 is 42.2. The molecule has 0 radical (unpaired) electrons. The van der Waals surface area contributed by atoms with Gasteiger partial charge in [0.05, 0.1) is 6.85 Å². The summed E-state index contributed by atoms with van der Waals surface area (Å²) >= 11 is 0. The van der Waals surface area contributed by atoms with Crippen molar-refractivity contribution in [2.45, 2.75) is 0 Å². The minimum absolute atomic E-state index is 0.0104. The third kappa shape index (κ3) is 4.11. The normalized spacial score (nSPS) is 13.0. The van der Waals surface area contributed by atoms with Crippen molar-refractivity contribution in [1.29, 1.82) is 0 Å². The Morgan fingerprint density at radius 2 is 0.833 bits per heavy atom. The summed E-state index contributed by atoms with van der Waals surface area (Å²) in [5, 5.41) is 6.37. The van der Waals surface area contributed by atoms with E-state index in [0.29, 0.717) is 17.2 Å². The van der Waals surface area contributed by atoms with Gasteiger partial charge in [0, 0.05) is 22.1 Å². The van der Waals surface area contributed by atoms with Crippen LogP contribution in [0.5, 0.6) is 0 Å². The predicted molar refractivity (Wildman–Crippen MR) is 174 cm³/mol. The molecule has 3 nitrogen and oxygen atoms in total. The van der Waals surface area contributed by atoms with Crippen LogP contribution in [0, 0.1) is 0 Å². The fraction of sp³-hybridized carbons (Fsp3) is 0. The largest absolute Gasteiger partial charge is 0.208 e. The van der Waals surface area contributed by atoms with Crippen LogP contribution in [0.4, 0.5) is 0 Å². The van der Waals surface area contributed by atoms with Crippen molar-refractivity contribution in [2.24, 2.45) is 0 Å². The molecule has 3 heteroatoms. The van der Waals surface area contributed by atoms with Crippen LogP contribution < -0.4 is 0 Å². The molecule has 0 amide bonds. The van der Waals surface area contributed by atoms with Crippen LogP contribution in [-0.2, 0) is 0 Å². The van der Waals surface area contributed by atoms with Crippen molar-refractivity contribution in [2.75, 3.05) is 0 Å². The molecule has 42 heavy (non-hydrogen) atoms. The summed E-state index contributed by atoms with van der Waals surface area (Å²) in [5.41, 5.74) is 3.49. The topological polar surface area (TPSA) is 38.7 Å². The molecule has 0 saturated carbocycles. The number of rotatable bonds is 4. The molecule has 0 atom stereocenters. The lowest BCUT2D eigenvalue weighted by molar-refractivity contribution is 1.08. The highest BCUT2D eigenvalue weighted by atomic mass is 15.0. The zero-order valence-electron chi connectivity index (χ0n) is 27.4. The fourth-order valence-electron chi connectivity index (χ4n) is 5.68. The van der Waals surface area contributed by atoms with Gasteiger partial charge in [-0.05, 0) is 38.1 Å². The number of benzene rings is 7. The summed E-state index contributed by atoms with van der Waals surface area (Å²) in [7, 11) is 0. The van der Waals surface area contributed by atoms with Gasteiger partial charge in [-0.15, -0.1) is 0 Å². The highest BCUT2D eigenvalue weighted by Gasteiger charge is 2.17. The average Bonchev–Trinajstić information content (AvgIpc) is 3.13. The molecular weight excluding hydrogens is 510 g/mol. The molecule has 0 aliphatic rings. The highest BCUT2D eigenvalue weighted by Crippen LogP contribution is 2.40. The Kier molecular flexibility index (Phi) is 4.65. The molecule has 196 valence electrons. The van der Waals surface area contributed by atoms with Crippen molar-refractivity contribution in [3.8, 4) is 45.3 Å². The monoisotopic (exact) mass is 540 g/mol. The van der Waals surface area contributed by atoms with E-state index in [1.165, 1.54) is 0 Å². The molecule has 0 unspecified atom stereocenters. The maximum atomic E-state index is 8.70. The highest BCUT2D eigenvalue weighted by molar-refractivity contribution is 6.28. The van der Waals surface area contributed by atoms with E-state index < -0.39 is 18.1 Å². The SMILES string of the molecule is [2H]c1c([2H])c([2H])c(-c2nc(-c3ccc(-c4ccccc4)cc3)nc(-c3cccc4c5ccccc5c5ccccc5c34)n2)c([2H])c1[2H]. The molecular formula is C39H25N3. The first kappa shape index (κ1) is 19.4. The molecule has 8 rings (SSSR count). The van der Waals surface area contributed by atoms with E-state index in [1.54, 1.807) is 0 Å². The lowest BCUT2D eigenvalue weighted by Crippen LogP contribution is -2.01. The smallest absolute Gasteiger partial charge is 0.164 e. The second-order valence-electron chi connectivity index (χ2n) is 10.1. The van der Waals surface area contributed by atoms with Crippen LogP contribution in [0.2, 0.25) is 0 Å². The van der Waals surface area contributed by atoms with Crippen molar-refractivity contribution < 1.29 is 6.85 Å². The van der Waals surface area contributed by atoms with Gasteiger partial charge in [-0.3, -0.25) is 0 Å². The zero-order valence-corrected chi connectivity index (χ0v) is 22.4. The summed E-state index contributed by atoms with van der Waals surface area (Å²) in [6.45, 7) is 0. The van der Waals surface area contributed by atoms with Gasteiger partial charge >= 0.3 is 0 Å². The van der Waals surface area contributed by atoms with Crippen molar-refractivity contribution in [1.82, 2.24) is 15.0 Å². The van der Waals surface area contributed by atoms with Gasteiger partial charge in [-0.25, -0.2) is 15.0 Å². The molecule has 7 aromatic carbocycles. The van der Waals surface area contributed by atoms with E-state index in [4.69, 9.17) is 21.8 Å². The minimum Gasteiger partial charge on any atom is -0.208 e. The third-order valence-corrected chi connectivity index (χ3v) is 7.62. The van der Waals surface area contributed by atoms with Crippen LogP contribution in [0.1, 0.15) is 6.85 Å². The number of hydrogen-bond acceptors (Lipinski definition) is 3. The molecule has 1 heterocycles. The number of aromatic nitrogens is 3. The molecule has 1 aromatic heterocycles. The van der Waals surface area contributed by atoms with E-state index in [2.05, 4.69) is 30.3 Å². The van der Waals surface area contributed by atoms with Crippen molar-refractivity contribution in [3.63, 3.8) is 0 Å². The summed E-state index contributed by atoms with van der Waals surface area (Å²) in [6.07, 6.45) is 0. The summed E-state index contributed by atoms with van der Waals surface area (Å²) in [5.74, 6) is 0.685. The molecule has 0 aliphatic heterocycles. The lowest BCUT2D eigenvalue weighted by Gasteiger charge is -2.14. The number of hydrogen-bond donors (Lipinski definition) is 0. The van der Waals surface area contributed by atoms with Crippen LogP contribution in [0.25, 0.3) is 77.6 Å². The first-order valence-corrected chi connectivity index (χ1v) is 13.7. The van der Waals surface area contributed by atoms with E-state index in [9.17, 15) is 0 Å².